The second-order valence-electron chi connectivity index (χ2n) is 3.58. The van der Waals surface area contributed by atoms with Crippen LogP contribution in [0.3, 0.4) is 0 Å². The highest BCUT2D eigenvalue weighted by Crippen LogP contribution is 2.16. The van der Waals surface area contributed by atoms with Crippen molar-refractivity contribution >= 4 is 0 Å². The summed E-state index contributed by atoms with van der Waals surface area (Å²) in [7, 11) is 0. The molecule has 13 heavy (non-hydrogen) atoms. The maximum absolute atomic E-state index is 10.8. The molecule has 0 bridgehead atoms. The van der Waals surface area contributed by atoms with Crippen molar-refractivity contribution < 1.29 is 4.52 Å². The standard InChI is InChI=1S/C9H14N2O2/c12-9-6-8(13-11-9)5-7-1-3-10-4-2-7/h6-7,10H,1-5H2,(H,11,12). The molecule has 1 aromatic rings. The van der Waals surface area contributed by atoms with Crippen LogP contribution in [0.25, 0.3) is 0 Å². The van der Waals surface area contributed by atoms with Crippen molar-refractivity contribution in [2.45, 2.75) is 19.3 Å². The number of nitrogens with one attached hydrogen (secondary N) is 2. The van der Waals surface area contributed by atoms with Gasteiger partial charge >= 0.3 is 0 Å². The first-order valence-corrected chi connectivity index (χ1v) is 4.73. The van der Waals surface area contributed by atoms with Crippen molar-refractivity contribution in [3.63, 3.8) is 0 Å². The molecule has 0 unspecified atom stereocenters. The lowest BCUT2D eigenvalue weighted by Gasteiger charge is -2.21. The second kappa shape index (κ2) is 3.79. The third kappa shape index (κ3) is 2.21. The molecule has 1 aromatic heterocycles. The SMILES string of the molecule is O=c1cc(CC2CCNCC2)o[nH]1. The van der Waals surface area contributed by atoms with Gasteiger partial charge in [-0.15, -0.1) is 0 Å². The summed E-state index contributed by atoms with van der Waals surface area (Å²) >= 11 is 0. The van der Waals surface area contributed by atoms with Gasteiger partial charge in [0.05, 0.1) is 0 Å². The topological polar surface area (TPSA) is 58.0 Å². The average Bonchev–Trinajstić information content (AvgIpc) is 2.53. The quantitative estimate of drug-likeness (QED) is 0.700. The lowest BCUT2D eigenvalue weighted by Crippen LogP contribution is -2.28. The van der Waals surface area contributed by atoms with E-state index in [0.29, 0.717) is 5.92 Å². The molecule has 2 heterocycles. The van der Waals surface area contributed by atoms with Crippen LogP contribution >= 0.6 is 0 Å². The normalized spacial score (nSPS) is 19.1. The lowest BCUT2D eigenvalue weighted by molar-refractivity contribution is 0.317. The summed E-state index contributed by atoms with van der Waals surface area (Å²) in [5, 5.41) is 5.62. The average molecular weight is 182 g/mol. The van der Waals surface area contributed by atoms with Crippen LogP contribution in [0.15, 0.2) is 15.4 Å². The molecule has 1 aliphatic rings. The van der Waals surface area contributed by atoms with Crippen LogP contribution in [0.2, 0.25) is 0 Å². The fourth-order valence-corrected chi connectivity index (χ4v) is 1.79. The summed E-state index contributed by atoms with van der Waals surface area (Å²) in [6.07, 6.45) is 3.24. The highest BCUT2D eigenvalue weighted by Gasteiger charge is 2.15. The molecule has 4 heteroatoms. The van der Waals surface area contributed by atoms with Gasteiger partial charge in [0.25, 0.3) is 5.56 Å². The highest BCUT2D eigenvalue weighted by atomic mass is 16.5. The van der Waals surface area contributed by atoms with Gasteiger partial charge in [-0.05, 0) is 31.8 Å². The number of H-pyrrole nitrogens is 1. The number of hydrogen-bond acceptors (Lipinski definition) is 3. The first kappa shape index (κ1) is 8.56. The molecule has 1 saturated heterocycles. The third-order valence-electron chi connectivity index (χ3n) is 2.52. The molecule has 0 spiro atoms. The number of aromatic amines is 1. The Kier molecular flexibility index (Phi) is 2.49. The van der Waals surface area contributed by atoms with Crippen LogP contribution in [-0.4, -0.2) is 18.2 Å². The maximum atomic E-state index is 10.8. The van der Waals surface area contributed by atoms with Crippen molar-refractivity contribution in [2.24, 2.45) is 5.92 Å². The van der Waals surface area contributed by atoms with Crippen molar-refractivity contribution in [3.05, 3.63) is 22.2 Å². The number of aromatic nitrogens is 1. The number of piperidine rings is 1. The minimum Gasteiger partial charge on any atom is -0.384 e. The molecule has 4 nitrogen and oxygen atoms in total. The Morgan fingerprint density at radius 1 is 1.46 bits per heavy atom. The monoisotopic (exact) mass is 182 g/mol. The van der Waals surface area contributed by atoms with E-state index >= 15 is 0 Å². The number of rotatable bonds is 2. The fraction of sp³-hybridized carbons (Fsp3) is 0.667. The molecule has 0 aromatic carbocycles. The smallest absolute Gasteiger partial charge is 0.280 e. The van der Waals surface area contributed by atoms with Gasteiger partial charge in [0.1, 0.15) is 5.76 Å². The van der Waals surface area contributed by atoms with Crippen LogP contribution in [0, 0.1) is 5.92 Å². The first-order valence-electron chi connectivity index (χ1n) is 4.73. The Labute approximate surface area is 76.3 Å². The predicted octanol–water partition coefficient (Wildman–Crippen LogP) is 0.510. The minimum atomic E-state index is -0.135. The van der Waals surface area contributed by atoms with Crippen LogP contribution in [0.4, 0.5) is 0 Å². The molecule has 72 valence electrons. The molecule has 0 atom stereocenters. The van der Waals surface area contributed by atoms with Crippen molar-refractivity contribution in [3.8, 4) is 0 Å². The maximum Gasteiger partial charge on any atom is 0.280 e. The zero-order valence-electron chi connectivity index (χ0n) is 7.51. The fourth-order valence-electron chi connectivity index (χ4n) is 1.79. The zero-order valence-corrected chi connectivity index (χ0v) is 7.51. The first-order chi connectivity index (χ1) is 6.34. The van der Waals surface area contributed by atoms with E-state index in [4.69, 9.17) is 4.52 Å². The summed E-state index contributed by atoms with van der Waals surface area (Å²) in [6.45, 7) is 2.17. The zero-order chi connectivity index (χ0) is 9.10. The summed E-state index contributed by atoms with van der Waals surface area (Å²) in [6, 6.07) is 1.54. The van der Waals surface area contributed by atoms with Gasteiger partial charge in [-0.1, -0.05) is 0 Å². The molecular weight excluding hydrogens is 168 g/mol. The van der Waals surface area contributed by atoms with Crippen molar-refractivity contribution in [1.82, 2.24) is 10.5 Å². The van der Waals surface area contributed by atoms with Gasteiger partial charge in [0.15, 0.2) is 0 Å². The Bertz CT molecular complexity index is 309. The van der Waals surface area contributed by atoms with Gasteiger partial charge in [-0.2, -0.15) is 5.16 Å². The largest absolute Gasteiger partial charge is 0.384 e. The summed E-state index contributed by atoms with van der Waals surface area (Å²) in [5.41, 5.74) is -0.135. The van der Waals surface area contributed by atoms with Gasteiger partial charge < -0.3 is 9.84 Å². The molecule has 0 aliphatic carbocycles. The van der Waals surface area contributed by atoms with E-state index in [1.54, 1.807) is 6.07 Å². The highest BCUT2D eigenvalue weighted by molar-refractivity contribution is 4.95. The molecule has 0 radical (unpaired) electrons. The minimum absolute atomic E-state index is 0.135. The van der Waals surface area contributed by atoms with Gasteiger partial charge in [-0.25, -0.2) is 0 Å². The summed E-state index contributed by atoms with van der Waals surface area (Å²) in [4.78, 5) is 10.8. The van der Waals surface area contributed by atoms with E-state index in [1.807, 2.05) is 0 Å². The predicted molar refractivity (Wildman–Crippen MR) is 48.6 cm³/mol. The van der Waals surface area contributed by atoms with E-state index in [9.17, 15) is 4.79 Å². The second-order valence-corrected chi connectivity index (χ2v) is 3.58. The Hall–Kier alpha value is -1.03. The van der Waals surface area contributed by atoms with Crippen molar-refractivity contribution in [2.75, 3.05) is 13.1 Å². The van der Waals surface area contributed by atoms with Crippen molar-refractivity contribution in [1.29, 1.82) is 0 Å². The molecule has 0 saturated carbocycles. The summed E-state index contributed by atoms with van der Waals surface area (Å²) in [5.74, 6) is 1.46. The third-order valence-corrected chi connectivity index (χ3v) is 2.52. The molecule has 2 N–H and O–H groups in total. The van der Waals surface area contributed by atoms with E-state index in [-0.39, 0.29) is 5.56 Å². The van der Waals surface area contributed by atoms with Crippen LogP contribution < -0.4 is 10.9 Å². The molecule has 1 aliphatic heterocycles. The van der Waals surface area contributed by atoms with Crippen LogP contribution in [0.1, 0.15) is 18.6 Å². The lowest BCUT2D eigenvalue weighted by atomic mass is 9.94. The number of hydrogen-bond donors (Lipinski definition) is 2. The summed E-state index contributed by atoms with van der Waals surface area (Å²) < 4.78 is 5.01. The Balaban J connectivity index is 1.93. The van der Waals surface area contributed by atoms with Crippen LogP contribution in [0.5, 0.6) is 0 Å². The van der Waals surface area contributed by atoms with Gasteiger partial charge in [-0.3, -0.25) is 4.79 Å². The van der Waals surface area contributed by atoms with Gasteiger partial charge in [0.2, 0.25) is 0 Å². The van der Waals surface area contributed by atoms with E-state index in [0.717, 1.165) is 25.3 Å². The molecular formula is C9H14N2O2. The van der Waals surface area contributed by atoms with E-state index in [1.165, 1.54) is 12.8 Å². The van der Waals surface area contributed by atoms with E-state index in [2.05, 4.69) is 10.5 Å². The van der Waals surface area contributed by atoms with E-state index < -0.39 is 0 Å². The Morgan fingerprint density at radius 2 is 2.23 bits per heavy atom. The van der Waals surface area contributed by atoms with Gasteiger partial charge in [0, 0.05) is 12.5 Å². The molecule has 1 fully saturated rings. The van der Waals surface area contributed by atoms with Crippen LogP contribution in [-0.2, 0) is 6.42 Å². The Morgan fingerprint density at radius 3 is 2.85 bits per heavy atom. The molecule has 2 rings (SSSR count). The molecule has 0 amide bonds.